The van der Waals surface area contributed by atoms with E-state index in [-0.39, 0.29) is 5.56 Å². The number of rotatable bonds is 2. The zero-order chi connectivity index (χ0) is 15.0. The monoisotopic (exact) mass is 351 g/mol. The standard InChI is InChI=1S/C13H13BrF3NO2/c1-12(4-5-20-7-12)18-11(19)9-6-8(13(15,16)17)2-3-10(9)14/h2-3,6H,4-5,7H2,1H3,(H,18,19). The van der Waals surface area contributed by atoms with Crippen LogP contribution in [0.25, 0.3) is 0 Å². The Hall–Kier alpha value is -1.08. The van der Waals surface area contributed by atoms with Crippen LogP contribution in [0.2, 0.25) is 0 Å². The fourth-order valence-electron chi connectivity index (χ4n) is 1.98. The van der Waals surface area contributed by atoms with Crippen molar-refractivity contribution >= 4 is 21.8 Å². The van der Waals surface area contributed by atoms with Gasteiger partial charge >= 0.3 is 6.18 Å². The van der Waals surface area contributed by atoms with Crippen molar-refractivity contribution in [1.82, 2.24) is 5.32 Å². The third-order valence-electron chi connectivity index (χ3n) is 3.17. The smallest absolute Gasteiger partial charge is 0.379 e. The van der Waals surface area contributed by atoms with Crippen LogP contribution >= 0.6 is 15.9 Å². The van der Waals surface area contributed by atoms with Gasteiger partial charge < -0.3 is 10.1 Å². The summed E-state index contributed by atoms with van der Waals surface area (Å²) in [5.74, 6) is -0.545. The third kappa shape index (κ3) is 3.32. The first kappa shape index (κ1) is 15.3. The molecule has 0 aromatic heterocycles. The molecule has 1 aromatic carbocycles. The van der Waals surface area contributed by atoms with E-state index in [1.807, 2.05) is 0 Å². The fraction of sp³-hybridized carbons (Fsp3) is 0.462. The van der Waals surface area contributed by atoms with E-state index < -0.39 is 23.2 Å². The molecule has 1 amide bonds. The number of hydrogen-bond donors (Lipinski definition) is 1. The minimum absolute atomic E-state index is 0.0343. The number of carbonyl (C=O) groups excluding carboxylic acids is 1. The summed E-state index contributed by atoms with van der Waals surface area (Å²) in [6, 6.07) is 3.01. The number of benzene rings is 1. The Bertz CT molecular complexity index is 525. The molecule has 1 fully saturated rings. The van der Waals surface area contributed by atoms with Gasteiger partial charge in [-0.2, -0.15) is 13.2 Å². The Balaban J connectivity index is 2.25. The second-order valence-corrected chi connectivity index (χ2v) is 5.86. The molecule has 1 aliphatic heterocycles. The van der Waals surface area contributed by atoms with Crippen molar-refractivity contribution in [2.45, 2.75) is 25.1 Å². The van der Waals surface area contributed by atoms with Gasteiger partial charge in [0.05, 0.1) is 23.3 Å². The molecule has 1 atom stereocenters. The van der Waals surface area contributed by atoms with Crippen molar-refractivity contribution in [3.63, 3.8) is 0 Å². The van der Waals surface area contributed by atoms with Gasteiger partial charge in [0.1, 0.15) is 0 Å². The highest BCUT2D eigenvalue weighted by Crippen LogP contribution is 2.32. The topological polar surface area (TPSA) is 38.3 Å². The first-order valence-electron chi connectivity index (χ1n) is 5.98. The zero-order valence-corrected chi connectivity index (χ0v) is 12.3. The highest BCUT2D eigenvalue weighted by molar-refractivity contribution is 9.10. The number of hydrogen-bond acceptors (Lipinski definition) is 2. The Labute approximate surface area is 122 Å². The number of amides is 1. The molecule has 7 heteroatoms. The average Bonchev–Trinajstić information content (AvgIpc) is 2.74. The number of ether oxygens (including phenoxy) is 1. The molecule has 1 N–H and O–H groups in total. The third-order valence-corrected chi connectivity index (χ3v) is 3.86. The van der Waals surface area contributed by atoms with Crippen molar-refractivity contribution in [3.05, 3.63) is 33.8 Å². The van der Waals surface area contributed by atoms with Gasteiger partial charge in [-0.1, -0.05) is 0 Å². The maximum Gasteiger partial charge on any atom is 0.416 e. The SMILES string of the molecule is CC1(NC(=O)c2cc(C(F)(F)F)ccc2Br)CCOC1. The van der Waals surface area contributed by atoms with Crippen LogP contribution in [0.15, 0.2) is 22.7 Å². The average molecular weight is 352 g/mol. The quantitative estimate of drug-likeness (QED) is 0.886. The van der Waals surface area contributed by atoms with Gasteiger partial charge in [0.2, 0.25) is 0 Å². The van der Waals surface area contributed by atoms with E-state index in [9.17, 15) is 18.0 Å². The molecular weight excluding hydrogens is 339 g/mol. The lowest BCUT2D eigenvalue weighted by atomic mass is 10.0. The molecule has 2 rings (SSSR count). The minimum Gasteiger partial charge on any atom is -0.379 e. The molecular formula is C13H13BrF3NO2. The molecule has 1 unspecified atom stereocenters. The van der Waals surface area contributed by atoms with Crippen molar-refractivity contribution < 1.29 is 22.7 Å². The molecule has 20 heavy (non-hydrogen) atoms. The summed E-state index contributed by atoms with van der Waals surface area (Å²) < 4.78 is 43.6. The summed E-state index contributed by atoms with van der Waals surface area (Å²) in [5.41, 5.74) is -1.42. The van der Waals surface area contributed by atoms with Crippen LogP contribution in [-0.2, 0) is 10.9 Å². The van der Waals surface area contributed by atoms with Crippen LogP contribution in [0.1, 0.15) is 29.3 Å². The Morgan fingerprint density at radius 3 is 2.70 bits per heavy atom. The molecule has 1 saturated heterocycles. The lowest BCUT2D eigenvalue weighted by molar-refractivity contribution is -0.137. The summed E-state index contributed by atoms with van der Waals surface area (Å²) in [6.45, 7) is 2.69. The van der Waals surface area contributed by atoms with Crippen molar-refractivity contribution in [2.75, 3.05) is 13.2 Å². The highest BCUT2D eigenvalue weighted by Gasteiger charge is 2.34. The van der Waals surface area contributed by atoms with E-state index in [2.05, 4.69) is 21.2 Å². The first-order valence-corrected chi connectivity index (χ1v) is 6.78. The Kier molecular flexibility index (Phi) is 4.11. The summed E-state index contributed by atoms with van der Waals surface area (Å²) in [4.78, 5) is 12.1. The fourth-order valence-corrected chi connectivity index (χ4v) is 2.41. The van der Waals surface area contributed by atoms with Crippen LogP contribution in [0.4, 0.5) is 13.2 Å². The molecule has 0 bridgehead atoms. The molecule has 110 valence electrons. The van der Waals surface area contributed by atoms with Gasteiger partial charge in [-0.25, -0.2) is 0 Å². The molecule has 3 nitrogen and oxygen atoms in total. The van der Waals surface area contributed by atoms with Crippen LogP contribution in [0.3, 0.4) is 0 Å². The van der Waals surface area contributed by atoms with Crippen LogP contribution in [0.5, 0.6) is 0 Å². The van der Waals surface area contributed by atoms with E-state index >= 15 is 0 Å². The second kappa shape index (κ2) is 5.37. The molecule has 0 radical (unpaired) electrons. The molecule has 0 saturated carbocycles. The van der Waals surface area contributed by atoms with Gasteiger partial charge in [-0.3, -0.25) is 4.79 Å². The van der Waals surface area contributed by atoms with Gasteiger partial charge in [-0.15, -0.1) is 0 Å². The predicted molar refractivity (Wildman–Crippen MR) is 70.5 cm³/mol. The van der Waals surface area contributed by atoms with Crippen molar-refractivity contribution in [3.8, 4) is 0 Å². The Morgan fingerprint density at radius 1 is 1.45 bits per heavy atom. The lowest BCUT2D eigenvalue weighted by Crippen LogP contribution is -2.46. The zero-order valence-electron chi connectivity index (χ0n) is 10.7. The number of halogens is 4. The molecule has 0 spiro atoms. The van der Waals surface area contributed by atoms with Gasteiger partial charge in [0.15, 0.2) is 0 Å². The van der Waals surface area contributed by atoms with E-state index in [1.165, 1.54) is 6.07 Å². The summed E-state index contributed by atoms with van der Waals surface area (Å²) in [6.07, 6.45) is -3.84. The largest absolute Gasteiger partial charge is 0.416 e. The van der Waals surface area contributed by atoms with Crippen molar-refractivity contribution in [1.29, 1.82) is 0 Å². The summed E-state index contributed by atoms with van der Waals surface area (Å²) in [7, 11) is 0. The summed E-state index contributed by atoms with van der Waals surface area (Å²) >= 11 is 3.11. The van der Waals surface area contributed by atoms with Crippen LogP contribution < -0.4 is 5.32 Å². The second-order valence-electron chi connectivity index (χ2n) is 5.01. The maximum absolute atomic E-state index is 12.7. The predicted octanol–water partition coefficient (Wildman–Crippen LogP) is 3.38. The van der Waals surface area contributed by atoms with Gasteiger partial charge in [0.25, 0.3) is 5.91 Å². The van der Waals surface area contributed by atoms with E-state index in [0.29, 0.717) is 24.1 Å². The molecule has 0 aliphatic carbocycles. The van der Waals surface area contributed by atoms with E-state index in [1.54, 1.807) is 6.92 Å². The minimum atomic E-state index is -4.48. The highest BCUT2D eigenvalue weighted by atomic mass is 79.9. The molecule has 1 aliphatic rings. The molecule has 1 aromatic rings. The number of alkyl halides is 3. The lowest BCUT2D eigenvalue weighted by Gasteiger charge is -2.24. The van der Waals surface area contributed by atoms with Crippen molar-refractivity contribution in [2.24, 2.45) is 0 Å². The van der Waals surface area contributed by atoms with Crippen LogP contribution in [0, 0.1) is 0 Å². The first-order chi connectivity index (χ1) is 9.21. The normalized spacial score (nSPS) is 22.9. The van der Waals surface area contributed by atoms with Gasteiger partial charge in [-0.05, 0) is 47.5 Å². The molecule has 1 heterocycles. The Morgan fingerprint density at radius 2 is 2.15 bits per heavy atom. The van der Waals surface area contributed by atoms with Crippen LogP contribution in [-0.4, -0.2) is 24.7 Å². The summed E-state index contributed by atoms with van der Waals surface area (Å²) in [5, 5.41) is 2.73. The van der Waals surface area contributed by atoms with Gasteiger partial charge in [0, 0.05) is 11.1 Å². The number of nitrogens with one attached hydrogen (secondary N) is 1. The van der Waals surface area contributed by atoms with E-state index in [0.717, 1.165) is 12.1 Å². The number of carbonyl (C=O) groups is 1. The maximum atomic E-state index is 12.7. The van der Waals surface area contributed by atoms with E-state index in [4.69, 9.17) is 4.74 Å².